The van der Waals surface area contributed by atoms with Crippen molar-refractivity contribution in [3.63, 3.8) is 0 Å². The zero-order valence-electron chi connectivity index (χ0n) is 21.1. The number of carbonyl (C=O) groups excluding carboxylic acids is 2. The third-order valence-electron chi connectivity index (χ3n) is 6.99. The fourth-order valence-corrected chi connectivity index (χ4v) is 5.52. The number of ether oxygens (including phenoxy) is 3. The number of benzene rings is 1. The lowest BCUT2D eigenvalue weighted by Crippen LogP contribution is -2.57. The van der Waals surface area contributed by atoms with Gasteiger partial charge in [-0.3, -0.25) is 4.79 Å². The van der Waals surface area contributed by atoms with Gasteiger partial charge in [0.05, 0.1) is 31.6 Å². The lowest BCUT2D eigenvalue weighted by atomic mass is 10.1. The minimum absolute atomic E-state index is 0.0447. The zero-order chi connectivity index (χ0) is 25.4. The van der Waals surface area contributed by atoms with E-state index in [1.165, 1.54) is 32.4 Å². The first-order valence-electron chi connectivity index (χ1n) is 11.4. The van der Waals surface area contributed by atoms with E-state index in [9.17, 15) is 14.7 Å². The van der Waals surface area contributed by atoms with Gasteiger partial charge in [0, 0.05) is 12.6 Å². The Balaban J connectivity index is 2.13. The maximum atomic E-state index is 13.7. The fraction of sp³-hybridized carbons (Fsp3) is 0.583. The van der Waals surface area contributed by atoms with Crippen LogP contribution in [0.4, 0.5) is 10.5 Å². The second-order valence-electron chi connectivity index (χ2n) is 10.1. The van der Waals surface area contributed by atoms with Gasteiger partial charge in [0.2, 0.25) is 0 Å². The molecule has 0 spiro atoms. The third-order valence-corrected chi connectivity index (χ3v) is 11.5. The quantitative estimate of drug-likeness (QED) is 0.477. The summed E-state index contributed by atoms with van der Waals surface area (Å²) < 4.78 is 22.7. The Morgan fingerprint density at radius 3 is 2.41 bits per heavy atom. The van der Waals surface area contributed by atoms with E-state index in [2.05, 4.69) is 40.4 Å². The number of hydrogen-bond donors (Lipinski definition) is 1. The molecule has 3 atom stereocenters. The van der Waals surface area contributed by atoms with E-state index in [1.54, 1.807) is 4.90 Å². The van der Waals surface area contributed by atoms with Crippen molar-refractivity contribution in [2.45, 2.75) is 63.7 Å². The van der Waals surface area contributed by atoms with Crippen molar-refractivity contribution in [1.82, 2.24) is 4.90 Å². The van der Waals surface area contributed by atoms with Gasteiger partial charge in [-0.25, -0.2) is 9.69 Å². The molecule has 34 heavy (non-hydrogen) atoms. The van der Waals surface area contributed by atoms with Crippen molar-refractivity contribution in [2.24, 2.45) is 0 Å². The Labute approximate surface area is 202 Å². The standard InChI is InChI=1S/C24H36N2O7Si/c1-9-12-32-23(29)26-16-14-19(31-6)18(30-5)13-15(16)21(27)25-11-10-17(20(25)22(26)28)33-34(7,8)24(2,3)4/h9,13-14,17,20,22,28H,1,10-12H2,2-8H3/t17-,20?,22?/m0/s1. The molecule has 2 aliphatic heterocycles. The minimum atomic E-state index is -2.23. The highest BCUT2D eigenvalue weighted by molar-refractivity contribution is 6.74. The molecule has 1 aromatic rings. The minimum Gasteiger partial charge on any atom is -0.493 e. The Bertz CT molecular complexity index is 959. The van der Waals surface area contributed by atoms with Gasteiger partial charge in [-0.1, -0.05) is 33.4 Å². The van der Waals surface area contributed by atoms with E-state index in [0.29, 0.717) is 24.5 Å². The molecule has 1 aromatic carbocycles. The smallest absolute Gasteiger partial charge is 0.416 e. The first kappa shape index (κ1) is 26.0. The van der Waals surface area contributed by atoms with Gasteiger partial charge in [0.15, 0.2) is 26.0 Å². The van der Waals surface area contributed by atoms with Crippen LogP contribution in [0.1, 0.15) is 37.6 Å². The molecule has 10 heteroatoms. The van der Waals surface area contributed by atoms with Crippen LogP contribution in [0.15, 0.2) is 24.8 Å². The lowest BCUT2D eigenvalue weighted by Gasteiger charge is -2.41. The number of methoxy groups -OCH3 is 2. The summed E-state index contributed by atoms with van der Waals surface area (Å²) in [4.78, 5) is 29.5. The summed E-state index contributed by atoms with van der Waals surface area (Å²) in [7, 11) is 0.699. The maximum Gasteiger partial charge on any atom is 0.416 e. The highest BCUT2D eigenvalue weighted by atomic mass is 28.4. The number of aliphatic hydroxyl groups is 1. The number of nitrogens with zero attached hydrogens (tertiary/aromatic N) is 2. The predicted molar refractivity (Wildman–Crippen MR) is 131 cm³/mol. The predicted octanol–water partition coefficient (Wildman–Crippen LogP) is 3.77. The Morgan fingerprint density at radius 2 is 1.85 bits per heavy atom. The van der Waals surface area contributed by atoms with Crippen LogP contribution in [0.25, 0.3) is 0 Å². The highest BCUT2D eigenvalue weighted by Gasteiger charge is 2.52. The summed E-state index contributed by atoms with van der Waals surface area (Å²) in [5.41, 5.74) is 0.396. The largest absolute Gasteiger partial charge is 0.493 e. The van der Waals surface area contributed by atoms with E-state index in [4.69, 9.17) is 18.6 Å². The topological polar surface area (TPSA) is 97.8 Å². The van der Waals surface area contributed by atoms with Gasteiger partial charge in [0.25, 0.3) is 5.91 Å². The molecule has 0 saturated carbocycles. The summed E-state index contributed by atoms with van der Waals surface area (Å²) >= 11 is 0. The summed E-state index contributed by atoms with van der Waals surface area (Å²) in [6.45, 7) is 14.6. The summed E-state index contributed by atoms with van der Waals surface area (Å²) in [5, 5.41) is 11.5. The van der Waals surface area contributed by atoms with Crippen LogP contribution in [0.2, 0.25) is 18.1 Å². The molecule has 3 rings (SSSR count). The average Bonchev–Trinajstić information content (AvgIpc) is 3.15. The maximum absolute atomic E-state index is 13.7. The van der Waals surface area contributed by atoms with Gasteiger partial charge in [-0.2, -0.15) is 0 Å². The van der Waals surface area contributed by atoms with Gasteiger partial charge < -0.3 is 28.6 Å². The Kier molecular flexibility index (Phi) is 7.35. The second kappa shape index (κ2) is 9.59. The molecule has 188 valence electrons. The number of carbonyl (C=O) groups is 2. The second-order valence-corrected chi connectivity index (χ2v) is 14.8. The van der Waals surface area contributed by atoms with Crippen molar-refractivity contribution < 1.29 is 33.3 Å². The highest BCUT2D eigenvalue weighted by Crippen LogP contribution is 2.44. The molecule has 1 fully saturated rings. The molecule has 2 unspecified atom stereocenters. The molecule has 9 nitrogen and oxygen atoms in total. The molecule has 2 heterocycles. The van der Waals surface area contributed by atoms with Crippen LogP contribution >= 0.6 is 0 Å². The van der Waals surface area contributed by atoms with Crippen LogP contribution in [0.3, 0.4) is 0 Å². The van der Waals surface area contributed by atoms with Crippen LogP contribution in [-0.4, -0.2) is 76.1 Å². The number of fused-ring (bicyclic) bond motifs is 2. The summed E-state index contributed by atoms with van der Waals surface area (Å²) in [6.07, 6.45) is -0.634. The summed E-state index contributed by atoms with van der Waals surface area (Å²) in [6, 6.07) is 2.28. The van der Waals surface area contributed by atoms with Crippen molar-refractivity contribution in [1.29, 1.82) is 0 Å². The first-order chi connectivity index (χ1) is 15.9. The van der Waals surface area contributed by atoms with E-state index in [0.717, 1.165) is 4.90 Å². The molecule has 1 N–H and O–H groups in total. The van der Waals surface area contributed by atoms with Crippen LogP contribution in [-0.2, 0) is 9.16 Å². The van der Waals surface area contributed by atoms with Crippen molar-refractivity contribution >= 4 is 26.0 Å². The normalized spacial score (nSPS) is 22.6. The van der Waals surface area contributed by atoms with E-state index >= 15 is 0 Å². The van der Waals surface area contributed by atoms with Crippen molar-refractivity contribution in [2.75, 3.05) is 32.3 Å². The fourth-order valence-electron chi connectivity index (χ4n) is 4.16. The van der Waals surface area contributed by atoms with Crippen molar-refractivity contribution in [3.05, 3.63) is 30.4 Å². The average molecular weight is 493 g/mol. The van der Waals surface area contributed by atoms with Gasteiger partial charge >= 0.3 is 6.09 Å². The number of aliphatic hydroxyl groups excluding tert-OH is 1. The summed E-state index contributed by atoms with van der Waals surface area (Å²) in [5.74, 6) is 0.342. The molecule has 0 aliphatic carbocycles. The van der Waals surface area contributed by atoms with E-state index in [-0.39, 0.29) is 28.8 Å². The SMILES string of the molecule is C=CCOC(=O)N1c2cc(OC)c(OC)cc2C(=O)N2CC[C@H](O[Si](C)(C)C(C)(C)C)C2C1O. The van der Waals surface area contributed by atoms with Crippen LogP contribution in [0, 0.1) is 0 Å². The monoisotopic (exact) mass is 492 g/mol. The van der Waals surface area contributed by atoms with Crippen molar-refractivity contribution in [3.8, 4) is 11.5 Å². The molecular formula is C24H36N2O7Si. The number of anilines is 1. The van der Waals surface area contributed by atoms with Gasteiger partial charge in [-0.05, 0) is 30.6 Å². The third kappa shape index (κ3) is 4.54. The van der Waals surface area contributed by atoms with Gasteiger partial charge in [0.1, 0.15) is 12.6 Å². The first-order valence-corrected chi connectivity index (χ1v) is 14.3. The number of rotatable bonds is 6. The van der Waals surface area contributed by atoms with Gasteiger partial charge in [-0.15, -0.1) is 0 Å². The molecular weight excluding hydrogens is 456 g/mol. The van der Waals surface area contributed by atoms with E-state index < -0.39 is 32.8 Å². The van der Waals surface area contributed by atoms with E-state index in [1.807, 2.05) is 0 Å². The zero-order valence-corrected chi connectivity index (χ0v) is 22.1. The Hall–Kier alpha value is -2.56. The molecule has 0 aromatic heterocycles. The molecule has 2 amide bonds. The van der Waals surface area contributed by atoms with Crippen LogP contribution < -0.4 is 14.4 Å². The molecule has 1 saturated heterocycles. The Morgan fingerprint density at radius 1 is 1.24 bits per heavy atom. The lowest BCUT2D eigenvalue weighted by molar-refractivity contribution is 0.0189. The molecule has 2 aliphatic rings. The molecule has 0 radical (unpaired) electrons. The van der Waals surface area contributed by atoms with Crippen LogP contribution in [0.5, 0.6) is 11.5 Å². The molecule has 0 bridgehead atoms. The number of hydrogen-bond acceptors (Lipinski definition) is 7. The number of amides is 2.